The molecule has 0 saturated carbocycles. The summed E-state index contributed by atoms with van der Waals surface area (Å²) in [5.74, 6) is 0.547. The highest BCUT2D eigenvalue weighted by Crippen LogP contribution is 2.31. The quantitative estimate of drug-likeness (QED) is 0.370. The second-order valence-corrected chi connectivity index (χ2v) is 8.75. The van der Waals surface area contributed by atoms with Crippen molar-refractivity contribution < 1.29 is 0 Å². The van der Waals surface area contributed by atoms with Gasteiger partial charge in [0.1, 0.15) is 0 Å². The molecule has 1 aliphatic rings. The summed E-state index contributed by atoms with van der Waals surface area (Å²) in [7, 11) is 0. The van der Waals surface area contributed by atoms with Crippen molar-refractivity contribution >= 4 is 11.1 Å². The standard InChI is InChI=1S/C30H31N/c1-22(2)27-12-7-9-25(20-27)21-29-13-8-14-30(31-29)28-18-17-24(19-28)16-15-23(3)26-10-5-4-6-11-26/h4-14,17-18,20,22H,3,15-16,19,21H2,1-2H3. The van der Waals surface area contributed by atoms with Crippen molar-refractivity contribution in [2.45, 2.75) is 45.4 Å². The van der Waals surface area contributed by atoms with E-state index in [9.17, 15) is 0 Å². The average molecular weight is 406 g/mol. The fourth-order valence-electron chi connectivity index (χ4n) is 4.09. The summed E-state index contributed by atoms with van der Waals surface area (Å²) < 4.78 is 0. The van der Waals surface area contributed by atoms with Crippen molar-refractivity contribution in [3.05, 3.63) is 125 Å². The first-order valence-electron chi connectivity index (χ1n) is 11.3. The number of allylic oxidation sites excluding steroid dienone is 5. The SMILES string of the molecule is C=C(CCC1=CC=C(c2cccc(Cc3cccc(C(C)C)c3)n2)C1)c1ccccc1. The van der Waals surface area contributed by atoms with Gasteiger partial charge in [-0.25, -0.2) is 0 Å². The van der Waals surface area contributed by atoms with Gasteiger partial charge in [0.15, 0.2) is 0 Å². The molecule has 2 aromatic carbocycles. The molecule has 1 nitrogen and oxygen atoms in total. The molecule has 1 aliphatic carbocycles. The Balaban J connectivity index is 1.36. The van der Waals surface area contributed by atoms with Crippen molar-refractivity contribution in [1.82, 2.24) is 4.98 Å². The first kappa shape index (κ1) is 21.1. The largest absolute Gasteiger partial charge is 0.253 e. The first-order valence-corrected chi connectivity index (χ1v) is 11.3. The minimum atomic E-state index is 0.547. The zero-order valence-corrected chi connectivity index (χ0v) is 18.6. The van der Waals surface area contributed by atoms with Crippen LogP contribution in [-0.4, -0.2) is 4.98 Å². The fourth-order valence-corrected chi connectivity index (χ4v) is 4.09. The van der Waals surface area contributed by atoms with E-state index in [2.05, 4.69) is 105 Å². The molecular weight excluding hydrogens is 374 g/mol. The molecule has 0 amide bonds. The monoisotopic (exact) mass is 405 g/mol. The second-order valence-electron chi connectivity index (χ2n) is 8.75. The third kappa shape index (κ3) is 5.49. The predicted octanol–water partition coefficient (Wildman–Crippen LogP) is 8.00. The third-order valence-corrected chi connectivity index (χ3v) is 6.01. The Kier molecular flexibility index (Phi) is 6.62. The molecule has 3 aromatic rings. The predicted molar refractivity (Wildman–Crippen MR) is 133 cm³/mol. The van der Waals surface area contributed by atoms with Gasteiger partial charge in [0, 0.05) is 12.1 Å². The van der Waals surface area contributed by atoms with Crippen LogP contribution in [-0.2, 0) is 6.42 Å². The van der Waals surface area contributed by atoms with E-state index in [0.29, 0.717) is 5.92 Å². The van der Waals surface area contributed by atoms with Gasteiger partial charge in [0.2, 0.25) is 0 Å². The Hall–Kier alpha value is -3.19. The van der Waals surface area contributed by atoms with E-state index in [1.54, 1.807) is 0 Å². The lowest BCUT2D eigenvalue weighted by atomic mass is 9.97. The Labute approximate surface area is 186 Å². The van der Waals surface area contributed by atoms with Crippen LogP contribution in [0.3, 0.4) is 0 Å². The molecular formula is C30H31N. The topological polar surface area (TPSA) is 12.9 Å². The summed E-state index contributed by atoms with van der Waals surface area (Å²) >= 11 is 0. The highest BCUT2D eigenvalue weighted by atomic mass is 14.7. The zero-order valence-electron chi connectivity index (χ0n) is 18.6. The number of hydrogen-bond acceptors (Lipinski definition) is 1. The van der Waals surface area contributed by atoms with Gasteiger partial charge in [-0.05, 0) is 65.1 Å². The maximum atomic E-state index is 4.98. The third-order valence-electron chi connectivity index (χ3n) is 6.01. The minimum absolute atomic E-state index is 0.547. The van der Waals surface area contributed by atoms with E-state index in [4.69, 9.17) is 4.98 Å². The van der Waals surface area contributed by atoms with Crippen molar-refractivity contribution in [3.8, 4) is 0 Å². The second kappa shape index (κ2) is 9.75. The number of aromatic nitrogens is 1. The van der Waals surface area contributed by atoms with Crippen molar-refractivity contribution in [1.29, 1.82) is 0 Å². The van der Waals surface area contributed by atoms with E-state index in [0.717, 1.165) is 37.1 Å². The van der Waals surface area contributed by atoms with Crippen LogP contribution < -0.4 is 0 Å². The van der Waals surface area contributed by atoms with Crippen LogP contribution in [0.4, 0.5) is 0 Å². The van der Waals surface area contributed by atoms with Gasteiger partial charge in [-0.3, -0.25) is 4.98 Å². The molecule has 0 spiro atoms. The summed E-state index contributed by atoms with van der Waals surface area (Å²) in [5, 5.41) is 0. The highest BCUT2D eigenvalue weighted by Gasteiger charge is 2.13. The maximum absolute atomic E-state index is 4.98. The summed E-state index contributed by atoms with van der Waals surface area (Å²) in [5.41, 5.74) is 10.2. The Morgan fingerprint density at radius 3 is 2.55 bits per heavy atom. The molecule has 0 fully saturated rings. The molecule has 0 N–H and O–H groups in total. The molecule has 31 heavy (non-hydrogen) atoms. The number of pyridine rings is 1. The van der Waals surface area contributed by atoms with E-state index in [1.165, 1.54) is 33.4 Å². The zero-order chi connectivity index (χ0) is 21.6. The van der Waals surface area contributed by atoms with E-state index >= 15 is 0 Å². The summed E-state index contributed by atoms with van der Waals surface area (Å²) in [4.78, 5) is 4.98. The van der Waals surface area contributed by atoms with Crippen LogP contribution in [0, 0.1) is 0 Å². The Morgan fingerprint density at radius 2 is 1.74 bits per heavy atom. The molecule has 0 aliphatic heterocycles. The van der Waals surface area contributed by atoms with Crippen LogP contribution in [0.1, 0.15) is 67.1 Å². The molecule has 0 unspecified atom stereocenters. The summed E-state index contributed by atoms with van der Waals surface area (Å²) in [6.07, 6.45) is 8.42. The van der Waals surface area contributed by atoms with Crippen molar-refractivity contribution in [2.24, 2.45) is 0 Å². The molecule has 1 heteroatoms. The highest BCUT2D eigenvalue weighted by molar-refractivity contribution is 5.71. The van der Waals surface area contributed by atoms with Crippen molar-refractivity contribution in [2.75, 3.05) is 0 Å². The molecule has 4 rings (SSSR count). The van der Waals surface area contributed by atoms with Gasteiger partial charge in [-0.2, -0.15) is 0 Å². The van der Waals surface area contributed by atoms with Crippen LogP contribution >= 0.6 is 0 Å². The van der Waals surface area contributed by atoms with Gasteiger partial charge < -0.3 is 0 Å². The molecule has 156 valence electrons. The van der Waals surface area contributed by atoms with Crippen LogP contribution in [0.2, 0.25) is 0 Å². The number of rotatable bonds is 8. The number of hydrogen-bond donors (Lipinski definition) is 0. The van der Waals surface area contributed by atoms with Crippen LogP contribution in [0.15, 0.2) is 97.1 Å². The van der Waals surface area contributed by atoms with Gasteiger partial charge >= 0.3 is 0 Å². The molecule has 0 saturated heterocycles. The normalized spacial score (nSPS) is 13.3. The smallest absolute Gasteiger partial charge is 0.0668 e. The van der Waals surface area contributed by atoms with Crippen LogP contribution in [0.25, 0.3) is 11.1 Å². The minimum Gasteiger partial charge on any atom is -0.253 e. The van der Waals surface area contributed by atoms with Crippen molar-refractivity contribution in [3.63, 3.8) is 0 Å². The van der Waals surface area contributed by atoms with Gasteiger partial charge in [-0.15, -0.1) is 0 Å². The van der Waals surface area contributed by atoms with E-state index in [-0.39, 0.29) is 0 Å². The van der Waals surface area contributed by atoms with Crippen LogP contribution in [0.5, 0.6) is 0 Å². The summed E-state index contributed by atoms with van der Waals surface area (Å²) in [6, 6.07) is 25.8. The average Bonchev–Trinajstić information content (AvgIpc) is 3.27. The van der Waals surface area contributed by atoms with Gasteiger partial charge in [0.05, 0.1) is 5.69 Å². The summed E-state index contributed by atoms with van der Waals surface area (Å²) in [6.45, 7) is 8.76. The van der Waals surface area contributed by atoms with Gasteiger partial charge in [-0.1, -0.05) is 98.8 Å². The van der Waals surface area contributed by atoms with Gasteiger partial charge in [0.25, 0.3) is 0 Å². The molecule has 0 atom stereocenters. The lowest BCUT2D eigenvalue weighted by Crippen LogP contribution is -1.97. The number of benzene rings is 2. The molecule has 0 radical (unpaired) electrons. The Bertz CT molecular complexity index is 1120. The van der Waals surface area contributed by atoms with E-state index in [1.807, 2.05) is 0 Å². The Morgan fingerprint density at radius 1 is 0.935 bits per heavy atom. The molecule has 0 bridgehead atoms. The molecule has 1 aromatic heterocycles. The number of nitrogens with zero attached hydrogens (tertiary/aromatic N) is 1. The fraction of sp³-hybridized carbons (Fsp3) is 0.233. The lowest BCUT2D eigenvalue weighted by molar-refractivity contribution is 0.862. The first-order chi connectivity index (χ1) is 15.1. The maximum Gasteiger partial charge on any atom is 0.0668 e. The van der Waals surface area contributed by atoms with E-state index < -0.39 is 0 Å². The lowest BCUT2D eigenvalue weighted by Gasteiger charge is -2.10. The molecule has 1 heterocycles.